The number of benzene rings is 2. The maximum Gasteiger partial charge on any atom is 0.416 e. The van der Waals surface area contributed by atoms with Gasteiger partial charge < -0.3 is 15.5 Å². The van der Waals surface area contributed by atoms with Crippen molar-refractivity contribution in [2.24, 2.45) is 5.92 Å². The number of carbonyl (C=O) groups excluding carboxylic acids is 2. The molecule has 2 aromatic carbocycles. The van der Waals surface area contributed by atoms with Crippen LogP contribution < -0.4 is 10.6 Å². The van der Waals surface area contributed by atoms with Crippen LogP contribution in [0.5, 0.6) is 0 Å². The third kappa shape index (κ3) is 5.75. The summed E-state index contributed by atoms with van der Waals surface area (Å²) in [6.45, 7) is 3.37. The molecule has 1 heterocycles. The van der Waals surface area contributed by atoms with Gasteiger partial charge in [-0.3, -0.25) is 4.79 Å². The predicted molar refractivity (Wildman–Crippen MR) is 108 cm³/mol. The van der Waals surface area contributed by atoms with Crippen LogP contribution in [0.4, 0.5) is 23.7 Å². The number of hydrogen-bond donors (Lipinski definition) is 2. The molecule has 0 aliphatic carbocycles. The highest BCUT2D eigenvalue weighted by atomic mass is 19.4. The normalized spacial score (nSPS) is 16.8. The first kappa shape index (κ1) is 21.7. The number of carbonyl (C=O) groups is 2. The highest BCUT2D eigenvalue weighted by Gasteiger charge is 2.31. The molecule has 2 N–H and O–H groups in total. The molecule has 5 nitrogen and oxygen atoms in total. The van der Waals surface area contributed by atoms with Crippen molar-refractivity contribution in [3.05, 3.63) is 65.2 Å². The Kier molecular flexibility index (Phi) is 6.64. The zero-order valence-electron chi connectivity index (χ0n) is 16.6. The lowest BCUT2D eigenvalue weighted by Gasteiger charge is -2.33. The largest absolute Gasteiger partial charge is 0.416 e. The van der Waals surface area contributed by atoms with Gasteiger partial charge in [0.15, 0.2) is 0 Å². The maximum absolute atomic E-state index is 12.7. The summed E-state index contributed by atoms with van der Waals surface area (Å²) in [5.74, 6) is -0.210. The minimum Gasteiger partial charge on any atom is -0.338 e. The number of alkyl halides is 3. The number of aryl methyl sites for hydroxylation is 1. The van der Waals surface area contributed by atoms with Crippen LogP contribution in [0.25, 0.3) is 0 Å². The lowest BCUT2D eigenvalue weighted by Crippen LogP contribution is -2.44. The fraction of sp³-hybridized carbons (Fsp3) is 0.364. The Morgan fingerprint density at radius 3 is 2.37 bits per heavy atom. The Balaban J connectivity index is 1.51. The summed E-state index contributed by atoms with van der Waals surface area (Å²) in [5, 5.41) is 5.59. The van der Waals surface area contributed by atoms with Gasteiger partial charge in [0.2, 0.25) is 0 Å². The molecule has 0 aromatic heterocycles. The molecule has 3 rings (SSSR count). The summed E-state index contributed by atoms with van der Waals surface area (Å²) < 4.78 is 38.1. The smallest absolute Gasteiger partial charge is 0.338 e. The Morgan fingerprint density at radius 2 is 1.73 bits per heavy atom. The van der Waals surface area contributed by atoms with Gasteiger partial charge in [-0.25, -0.2) is 4.79 Å². The van der Waals surface area contributed by atoms with Crippen LogP contribution in [0, 0.1) is 12.8 Å². The van der Waals surface area contributed by atoms with Gasteiger partial charge in [0.1, 0.15) is 0 Å². The predicted octanol–water partition coefficient (Wildman–Crippen LogP) is 4.69. The van der Waals surface area contributed by atoms with Crippen molar-refractivity contribution in [3.63, 3.8) is 0 Å². The summed E-state index contributed by atoms with van der Waals surface area (Å²) in [5.41, 5.74) is 1.25. The first-order valence-electron chi connectivity index (χ1n) is 9.80. The Hall–Kier alpha value is -3.03. The number of urea groups is 1. The molecule has 30 heavy (non-hydrogen) atoms. The second-order valence-corrected chi connectivity index (χ2v) is 7.54. The zero-order valence-corrected chi connectivity index (χ0v) is 16.6. The minimum atomic E-state index is -4.43. The van der Waals surface area contributed by atoms with E-state index in [9.17, 15) is 22.8 Å². The Labute approximate surface area is 173 Å². The number of nitrogens with zero attached hydrogens (tertiary/aromatic N) is 1. The second kappa shape index (κ2) is 9.19. The summed E-state index contributed by atoms with van der Waals surface area (Å²) in [7, 11) is 0. The van der Waals surface area contributed by atoms with Crippen LogP contribution in [0.1, 0.15) is 34.3 Å². The standard InChI is InChI=1S/C22H24F3N3O2/c1-15-4-10-19(11-5-15)27-21(30)26-13-16-3-2-12-28(14-16)20(29)17-6-8-18(9-7-17)22(23,24)25/h4-11,16H,2-3,12-14H2,1H3,(H2,26,27,30)/t16-/m1/s1. The van der Waals surface area contributed by atoms with E-state index < -0.39 is 11.7 Å². The summed E-state index contributed by atoms with van der Waals surface area (Å²) in [4.78, 5) is 26.4. The average Bonchev–Trinajstić information content (AvgIpc) is 2.73. The molecule has 0 bridgehead atoms. The molecule has 0 radical (unpaired) electrons. The lowest BCUT2D eigenvalue weighted by atomic mass is 9.97. The van der Waals surface area contributed by atoms with E-state index in [2.05, 4.69) is 10.6 Å². The number of piperidine rings is 1. The number of hydrogen-bond acceptors (Lipinski definition) is 2. The van der Waals surface area contributed by atoms with E-state index in [1.54, 1.807) is 4.90 Å². The quantitative estimate of drug-likeness (QED) is 0.756. The third-order valence-corrected chi connectivity index (χ3v) is 5.13. The van der Waals surface area contributed by atoms with E-state index in [4.69, 9.17) is 0 Å². The molecular formula is C22H24F3N3O2. The molecule has 2 aromatic rings. The molecule has 1 aliphatic heterocycles. The van der Waals surface area contributed by atoms with Gasteiger partial charge in [-0.05, 0) is 62.1 Å². The maximum atomic E-state index is 12.7. The lowest BCUT2D eigenvalue weighted by molar-refractivity contribution is -0.137. The van der Waals surface area contributed by atoms with Crippen molar-refractivity contribution in [1.29, 1.82) is 0 Å². The van der Waals surface area contributed by atoms with E-state index in [0.29, 0.717) is 25.3 Å². The molecule has 0 spiro atoms. The molecule has 0 saturated carbocycles. The minimum absolute atomic E-state index is 0.0842. The topological polar surface area (TPSA) is 61.4 Å². The molecule has 1 aliphatic rings. The first-order valence-corrected chi connectivity index (χ1v) is 9.80. The van der Waals surface area contributed by atoms with Crippen LogP contribution in [-0.2, 0) is 6.18 Å². The van der Waals surface area contributed by atoms with Crippen LogP contribution in [0.2, 0.25) is 0 Å². The number of amides is 3. The van der Waals surface area contributed by atoms with Crippen LogP contribution >= 0.6 is 0 Å². The summed E-state index contributed by atoms with van der Waals surface area (Å²) in [6, 6.07) is 11.4. The highest BCUT2D eigenvalue weighted by Crippen LogP contribution is 2.29. The highest BCUT2D eigenvalue weighted by molar-refractivity contribution is 5.94. The molecule has 0 unspecified atom stereocenters. The molecule has 1 fully saturated rings. The molecular weight excluding hydrogens is 395 g/mol. The Bertz CT molecular complexity index is 880. The van der Waals surface area contributed by atoms with Crippen molar-refractivity contribution in [2.75, 3.05) is 25.0 Å². The van der Waals surface area contributed by atoms with Crippen molar-refractivity contribution >= 4 is 17.6 Å². The summed E-state index contributed by atoms with van der Waals surface area (Å²) >= 11 is 0. The van der Waals surface area contributed by atoms with Crippen molar-refractivity contribution < 1.29 is 22.8 Å². The van der Waals surface area contributed by atoms with E-state index in [0.717, 1.165) is 30.5 Å². The SMILES string of the molecule is Cc1ccc(NC(=O)NC[C@H]2CCCN(C(=O)c3ccc(C(F)(F)F)cc3)C2)cc1. The number of nitrogens with one attached hydrogen (secondary N) is 2. The number of likely N-dealkylation sites (tertiary alicyclic amines) is 1. The fourth-order valence-corrected chi connectivity index (χ4v) is 3.45. The van der Waals surface area contributed by atoms with E-state index in [1.807, 2.05) is 31.2 Å². The van der Waals surface area contributed by atoms with Crippen LogP contribution in [0.3, 0.4) is 0 Å². The van der Waals surface area contributed by atoms with Crippen molar-refractivity contribution in [3.8, 4) is 0 Å². The van der Waals surface area contributed by atoms with Gasteiger partial charge in [0.25, 0.3) is 5.91 Å². The van der Waals surface area contributed by atoms with Crippen LogP contribution in [-0.4, -0.2) is 36.5 Å². The monoisotopic (exact) mass is 419 g/mol. The van der Waals surface area contributed by atoms with E-state index in [1.165, 1.54) is 12.1 Å². The number of rotatable bonds is 4. The van der Waals surface area contributed by atoms with Crippen LogP contribution in [0.15, 0.2) is 48.5 Å². The first-order chi connectivity index (χ1) is 14.2. The van der Waals surface area contributed by atoms with Crippen molar-refractivity contribution in [1.82, 2.24) is 10.2 Å². The molecule has 160 valence electrons. The van der Waals surface area contributed by atoms with Gasteiger partial charge in [-0.1, -0.05) is 17.7 Å². The van der Waals surface area contributed by atoms with Gasteiger partial charge in [0.05, 0.1) is 5.56 Å². The fourth-order valence-electron chi connectivity index (χ4n) is 3.45. The molecule has 1 atom stereocenters. The van der Waals surface area contributed by atoms with E-state index in [-0.39, 0.29) is 23.4 Å². The molecule has 3 amide bonds. The number of halogens is 3. The average molecular weight is 419 g/mol. The van der Waals surface area contributed by atoms with Gasteiger partial charge in [-0.2, -0.15) is 13.2 Å². The summed E-state index contributed by atoms with van der Waals surface area (Å²) in [6.07, 6.45) is -2.79. The van der Waals surface area contributed by atoms with Crippen molar-refractivity contribution in [2.45, 2.75) is 25.9 Å². The second-order valence-electron chi connectivity index (χ2n) is 7.54. The number of anilines is 1. The molecule has 8 heteroatoms. The van der Waals surface area contributed by atoms with E-state index >= 15 is 0 Å². The Morgan fingerprint density at radius 1 is 1.07 bits per heavy atom. The van der Waals surface area contributed by atoms with Gasteiger partial charge >= 0.3 is 12.2 Å². The van der Waals surface area contributed by atoms with Gasteiger partial charge in [0, 0.05) is 30.9 Å². The van der Waals surface area contributed by atoms with Gasteiger partial charge in [-0.15, -0.1) is 0 Å². The third-order valence-electron chi connectivity index (χ3n) is 5.13. The molecule has 1 saturated heterocycles. The zero-order chi connectivity index (χ0) is 21.7.